The van der Waals surface area contributed by atoms with E-state index in [1.54, 1.807) is 12.1 Å². The van der Waals surface area contributed by atoms with Crippen molar-refractivity contribution in [1.82, 2.24) is 5.32 Å². The van der Waals surface area contributed by atoms with Crippen LogP contribution in [0.3, 0.4) is 0 Å². The molecule has 1 saturated carbocycles. The van der Waals surface area contributed by atoms with E-state index < -0.39 is 0 Å². The molecule has 0 aliphatic heterocycles. The third kappa shape index (κ3) is 3.53. The Morgan fingerprint density at radius 2 is 2.17 bits per heavy atom. The fourth-order valence-corrected chi connectivity index (χ4v) is 2.50. The fraction of sp³-hybridized carbons (Fsp3) is 0.600. The molecule has 2 rings (SSSR count). The number of hydrogen-bond acceptors (Lipinski definition) is 2. The fourth-order valence-electron chi connectivity index (χ4n) is 2.50. The molecule has 1 N–H and O–H groups in total. The first-order valence-electron chi connectivity index (χ1n) is 6.89. The van der Waals surface area contributed by atoms with Crippen LogP contribution in [0, 0.1) is 5.82 Å². The summed E-state index contributed by atoms with van der Waals surface area (Å²) in [6.45, 7) is 3.57. The average Bonchev–Trinajstić information content (AvgIpc) is 2.83. The second-order valence-corrected chi connectivity index (χ2v) is 4.93. The van der Waals surface area contributed by atoms with Crippen LogP contribution < -0.4 is 5.32 Å². The van der Waals surface area contributed by atoms with Crippen LogP contribution >= 0.6 is 0 Å². The van der Waals surface area contributed by atoms with E-state index in [0.717, 1.165) is 19.4 Å². The van der Waals surface area contributed by atoms with Gasteiger partial charge in [0.05, 0.1) is 12.7 Å². The lowest BCUT2D eigenvalue weighted by atomic mass is 10.2. The van der Waals surface area contributed by atoms with Crippen LogP contribution in [0.2, 0.25) is 0 Å². The van der Waals surface area contributed by atoms with Crippen molar-refractivity contribution in [1.29, 1.82) is 0 Å². The van der Waals surface area contributed by atoms with Gasteiger partial charge in [0, 0.05) is 11.6 Å². The molecule has 2 atom stereocenters. The van der Waals surface area contributed by atoms with Crippen molar-refractivity contribution in [2.24, 2.45) is 0 Å². The maximum Gasteiger partial charge on any atom is 0.128 e. The largest absolute Gasteiger partial charge is 0.372 e. The maximum atomic E-state index is 13.5. The van der Waals surface area contributed by atoms with E-state index in [1.807, 2.05) is 6.07 Å². The minimum absolute atomic E-state index is 0.173. The van der Waals surface area contributed by atoms with Gasteiger partial charge in [-0.2, -0.15) is 0 Å². The molecule has 0 aromatic heterocycles. The van der Waals surface area contributed by atoms with Crippen molar-refractivity contribution in [3.05, 3.63) is 35.6 Å². The van der Waals surface area contributed by atoms with Gasteiger partial charge in [0.15, 0.2) is 0 Å². The van der Waals surface area contributed by atoms with E-state index in [2.05, 4.69) is 12.2 Å². The molecule has 1 aromatic carbocycles. The Morgan fingerprint density at radius 1 is 1.33 bits per heavy atom. The van der Waals surface area contributed by atoms with E-state index in [0.29, 0.717) is 18.2 Å². The van der Waals surface area contributed by atoms with Crippen molar-refractivity contribution in [2.75, 3.05) is 6.54 Å². The van der Waals surface area contributed by atoms with Crippen LogP contribution in [0.25, 0.3) is 0 Å². The molecular weight excluding hydrogens is 229 g/mol. The molecule has 1 aliphatic carbocycles. The van der Waals surface area contributed by atoms with Crippen LogP contribution in [0.5, 0.6) is 0 Å². The summed E-state index contributed by atoms with van der Waals surface area (Å²) in [6.07, 6.45) is 4.81. The lowest BCUT2D eigenvalue weighted by Gasteiger charge is -2.21. The van der Waals surface area contributed by atoms with Gasteiger partial charge in [-0.05, 0) is 38.3 Å². The summed E-state index contributed by atoms with van der Waals surface area (Å²) in [5.74, 6) is -0.173. The number of benzene rings is 1. The standard InChI is InChI=1S/C15H22FNO/c1-2-10-17-14-8-5-9-15(14)18-11-12-6-3-4-7-13(12)16/h3-4,6-7,14-15,17H,2,5,8-11H2,1H3. The SMILES string of the molecule is CCCNC1CCCC1OCc1ccccc1F. The molecule has 3 heteroatoms. The van der Waals surface area contributed by atoms with E-state index in [-0.39, 0.29) is 11.9 Å². The van der Waals surface area contributed by atoms with E-state index in [1.165, 1.54) is 18.9 Å². The molecule has 0 amide bonds. The minimum atomic E-state index is -0.173. The molecule has 0 saturated heterocycles. The van der Waals surface area contributed by atoms with Gasteiger partial charge >= 0.3 is 0 Å². The van der Waals surface area contributed by atoms with Crippen molar-refractivity contribution in [2.45, 2.75) is 51.4 Å². The zero-order chi connectivity index (χ0) is 12.8. The quantitative estimate of drug-likeness (QED) is 0.838. The molecule has 18 heavy (non-hydrogen) atoms. The molecule has 0 bridgehead atoms. The molecule has 100 valence electrons. The Kier molecular flexibility index (Phi) is 5.14. The Hall–Kier alpha value is -0.930. The second-order valence-electron chi connectivity index (χ2n) is 4.93. The Labute approximate surface area is 109 Å². The van der Waals surface area contributed by atoms with Gasteiger partial charge in [0.2, 0.25) is 0 Å². The first-order valence-corrected chi connectivity index (χ1v) is 6.89. The summed E-state index contributed by atoms with van der Waals surface area (Å²) in [4.78, 5) is 0. The molecule has 1 fully saturated rings. The molecular formula is C15H22FNO. The first kappa shape index (κ1) is 13.5. The monoisotopic (exact) mass is 251 g/mol. The first-order chi connectivity index (χ1) is 8.81. The second kappa shape index (κ2) is 6.86. The normalized spacial score (nSPS) is 23.4. The Balaban J connectivity index is 1.84. The third-order valence-corrected chi connectivity index (χ3v) is 3.52. The molecule has 2 nitrogen and oxygen atoms in total. The summed E-state index contributed by atoms with van der Waals surface area (Å²) in [6, 6.07) is 7.28. The van der Waals surface area contributed by atoms with E-state index in [4.69, 9.17) is 4.74 Å². The number of rotatable bonds is 6. The summed E-state index contributed by atoms with van der Waals surface area (Å²) in [5.41, 5.74) is 0.652. The van der Waals surface area contributed by atoms with Crippen LogP contribution in [-0.2, 0) is 11.3 Å². The van der Waals surface area contributed by atoms with Gasteiger partial charge in [0.1, 0.15) is 5.82 Å². The molecule has 1 aliphatic rings. The van der Waals surface area contributed by atoms with Crippen molar-refractivity contribution >= 4 is 0 Å². The number of ether oxygens (including phenoxy) is 1. The lowest BCUT2D eigenvalue weighted by Crippen LogP contribution is -2.37. The summed E-state index contributed by atoms with van der Waals surface area (Å²) in [7, 11) is 0. The number of halogens is 1. The van der Waals surface area contributed by atoms with Crippen molar-refractivity contribution < 1.29 is 9.13 Å². The summed E-state index contributed by atoms with van der Waals surface area (Å²) in [5, 5.41) is 3.51. The van der Waals surface area contributed by atoms with Gasteiger partial charge in [-0.15, -0.1) is 0 Å². The van der Waals surface area contributed by atoms with Crippen LogP contribution in [-0.4, -0.2) is 18.7 Å². The van der Waals surface area contributed by atoms with E-state index >= 15 is 0 Å². The third-order valence-electron chi connectivity index (χ3n) is 3.52. The Bertz CT molecular complexity index is 369. The Morgan fingerprint density at radius 3 is 2.94 bits per heavy atom. The van der Waals surface area contributed by atoms with Gasteiger partial charge in [0.25, 0.3) is 0 Å². The summed E-state index contributed by atoms with van der Waals surface area (Å²) >= 11 is 0. The highest BCUT2D eigenvalue weighted by Gasteiger charge is 2.27. The average molecular weight is 251 g/mol. The van der Waals surface area contributed by atoms with Gasteiger partial charge in [-0.3, -0.25) is 0 Å². The van der Waals surface area contributed by atoms with Gasteiger partial charge in [-0.1, -0.05) is 25.1 Å². The molecule has 2 unspecified atom stereocenters. The zero-order valence-electron chi connectivity index (χ0n) is 11.0. The van der Waals surface area contributed by atoms with Crippen molar-refractivity contribution in [3.63, 3.8) is 0 Å². The number of hydrogen-bond donors (Lipinski definition) is 1. The highest BCUT2D eigenvalue weighted by molar-refractivity contribution is 5.16. The van der Waals surface area contributed by atoms with Crippen LogP contribution in [0.1, 0.15) is 38.2 Å². The minimum Gasteiger partial charge on any atom is -0.372 e. The molecule has 1 aromatic rings. The maximum absolute atomic E-state index is 13.5. The predicted molar refractivity (Wildman–Crippen MR) is 70.9 cm³/mol. The van der Waals surface area contributed by atoms with E-state index in [9.17, 15) is 4.39 Å². The van der Waals surface area contributed by atoms with Gasteiger partial charge < -0.3 is 10.1 Å². The highest BCUT2D eigenvalue weighted by atomic mass is 19.1. The van der Waals surface area contributed by atoms with Crippen LogP contribution in [0.15, 0.2) is 24.3 Å². The topological polar surface area (TPSA) is 21.3 Å². The zero-order valence-corrected chi connectivity index (χ0v) is 11.0. The lowest BCUT2D eigenvalue weighted by molar-refractivity contribution is 0.0266. The smallest absolute Gasteiger partial charge is 0.128 e. The van der Waals surface area contributed by atoms with Crippen LogP contribution in [0.4, 0.5) is 4.39 Å². The molecule has 0 heterocycles. The molecule has 0 spiro atoms. The number of nitrogens with one attached hydrogen (secondary N) is 1. The predicted octanol–water partition coefficient (Wildman–Crippen LogP) is 3.26. The highest BCUT2D eigenvalue weighted by Crippen LogP contribution is 2.23. The molecule has 0 radical (unpaired) electrons. The summed E-state index contributed by atoms with van der Waals surface area (Å²) < 4.78 is 19.3. The van der Waals surface area contributed by atoms with Crippen molar-refractivity contribution in [3.8, 4) is 0 Å². The van der Waals surface area contributed by atoms with Gasteiger partial charge in [-0.25, -0.2) is 4.39 Å².